The summed E-state index contributed by atoms with van der Waals surface area (Å²) in [5.74, 6) is 0.813. The molecule has 0 heterocycles. The second kappa shape index (κ2) is 12.3. The van der Waals surface area contributed by atoms with Gasteiger partial charge in [0.1, 0.15) is 18.1 Å². The van der Waals surface area contributed by atoms with Crippen LogP contribution in [-0.2, 0) is 20.6 Å². The fourth-order valence-electron chi connectivity index (χ4n) is 4.38. The van der Waals surface area contributed by atoms with Crippen LogP contribution in [0.25, 0.3) is 0 Å². The molecule has 5 heteroatoms. The van der Waals surface area contributed by atoms with Gasteiger partial charge in [0.05, 0.1) is 19.8 Å². The maximum absolute atomic E-state index is 12.1. The van der Waals surface area contributed by atoms with Crippen LogP contribution in [0, 0.1) is 0 Å². The first-order valence-electron chi connectivity index (χ1n) is 10.7. The standard InChI is InChI=1S/C24H40O4Si/c1-9-10-11-23(27-17-21-12-14-22(26-8)15-13-21)24(16-25)28-29(18(2)3,19(4)5)20(6)7/h9,12-16,18-20,23-24H,1,10-11,17H2,2-8H3/t23-,24-/m0/s1. The lowest BCUT2D eigenvalue weighted by atomic mass is 10.1. The van der Waals surface area contributed by atoms with E-state index in [1.807, 2.05) is 30.3 Å². The summed E-state index contributed by atoms with van der Waals surface area (Å²) in [4.78, 5) is 12.1. The van der Waals surface area contributed by atoms with Gasteiger partial charge in [-0.05, 0) is 47.2 Å². The zero-order chi connectivity index (χ0) is 22.0. The summed E-state index contributed by atoms with van der Waals surface area (Å²) < 4.78 is 18.2. The quantitative estimate of drug-likeness (QED) is 0.201. The van der Waals surface area contributed by atoms with Gasteiger partial charge < -0.3 is 18.7 Å². The maximum atomic E-state index is 12.1. The first-order chi connectivity index (χ1) is 13.7. The van der Waals surface area contributed by atoms with Gasteiger partial charge >= 0.3 is 0 Å². The highest BCUT2D eigenvalue weighted by atomic mass is 28.4. The summed E-state index contributed by atoms with van der Waals surface area (Å²) in [6.45, 7) is 17.6. The number of benzene rings is 1. The summed E-state index contributed by atoms with van der Waals surface area (Å²) >= 11 is 0. The number of rotatable bonds is 14. The molecule has 1 rings (SSSR count). The van der Waals surface area contributed by atoms with Crippen LogP contribution in [0.2, 0.25) is 16.6 Å². The van der Waals surface area contributed by atoms with Crippen LogP contribution in [0.5, 0.6) is 5.75 Å². The Balaban J connectivity index is 3.03. The number of carbonyl (C=O) groups is 1. The third-order valence-electron chi connectivity index (χ3n) is 5.83. The molecule has 0 radical (unpaired) electrons. The highest BCUT2D eigenvalue weighted by Gasteiger charge is 2.47. The minimum absolute atomic E-state index is 0.296. The molecule has 0 aromatic heterocycles. The largest absolute Gasteiger partial charge is 0.497 e. The average Bonchev–Trinajstić information content (AvgIpc) is 2.69. The molecule has 0 saturated heterocycles. The molecule has 0 aliphatic carbocycles. The highest BCUT2D eigenvalue weighted by molar-refractivity contribution is 6.77. The van der Waals surface area contributed by atoms with Gasteiger partial charge in [-0.2, -0.15) is 0 Å². The number of methoxy groups -OCH3 is 1. The van der Waals surface area contributed by atoms with Gasteiger partial charge in [0.2, 0.25) is 8.32 Å². The fraction of sp³-hybridized carbons (Fsp3) is 0.625. The van der Waals surface area contributed by atoms with Crippen molar-refractivity contribution in [2.75, 3.05) is 7.11 Å². The Labute approximate surface area is 178 Å². The Morgan fingerprint density at radius 3 is 1.97 bits per heavy atom. The fourth-order valence-corrected chi connectivity index (χ4v) is 9.88. The zero-order valence-electron chi connectivity index (χ0n) is 19.3. The lowest BCUT2D eigenvalue weighted by molar-refractivity contribution is -0.123. The van der Waals surface area contributed by atoms with Crippen LogP contribution in [0.4, 0.5) is 0 Å². The van der Waals surface area contributed by atoms with Crippen molar-refractivity contribution < 1.29 is 18.7 Å². The van der Waals surface area contributed by atoms with Crippen LogP contribution in [-0.4, -0.2) is 33.9 Å². The molecule has 0 unspecified atom stereocenters. The van der Waals surface area contributed by atoms with Gasteiger partial charge in [-0.1, -0.05) is 59.8 Å². The van der Waals surface area contributed by atoms with Gasteiger partial charge in [0, 0.05) is 0 Å². The van der Waals surface area contributed by atoms with E-state index in [-0.39, 0.29) is 6.10 Å². The van der Waals surface area contributed by atoms with E-state index in [1.54, 1.807) is 7.11 Å². The van der Waals surface area contributed by atoms with Crippen molar-refractivity contribution >= 4 is 14.6 Å². The van der Waals surface area contributed by atoms with Crippen molar-refractivity contribution in [3.05, 3.63) is 42.5 Å². The molecular formula is C24H40O4Si. The Morgan fingerprint density at radius 1 is 1.00 bits per heavy atom. The molecule has 0 bridgehead atoms. The third-order valence-corrected chi connectivity index (χ3v) is 11.9. The van der Waals surface area contributed by atoms with Crippen molar-refractivity contribution in [1.29, 1.82) is 0 Å². The van der Waals surface area contributed by atoms with E-state index < -0.39 is 14.4 Å². The molecule has 0 aliphatic rings. The van der Waals surface area contributed by atoms with Crippen molar-refractivity contribution in [2.45, 2.75) is 89.8 Å². The molecule has 1 aromatic carbocycles. The zero-order valence-corrected chi connectivity index (χ0v) is 20.3. The first kappa shape index (κ1) is 25.6. The lowest BCUT2D eigenvalue weighted by Crippen LogP contribution is -2.53. The topological polar surface area (TPSA) is 44.8 Å². The van der Waals surface area contributed by atoms with E-state index in [9.17, 15) is 4.79 Å². The normalized spacial score (nSPS) is 14.3. The molecule has 0 N–H and O–H groups in total. The molecule has 0 saturated carbocycles. The monoisotopic (exact) mass is 420 g/mol. The molecule has 164 valence electrons. The molecule has 0 aliphatic heterocycles. The van der Waals surface area contributed by atoms with E-state index >= 15 is 0 Å². The Morgan fingerprint density at radius 2 is 1.55 bits per heavy atom. The number of ether oxygens (including phenoxy) is 2. The highest BCUT2D eigenvalue weighted by Crippen LogP contribution is 2.43. The second-order valence-electron chi connectivity index (χ2n) is 8.60. The Kier molecular flexibility index (Phi) is 10.9. The van der Waals surface area contributed by atoms with Gasteiger partial charge in [0.15, 0.2) is 0 Å². The predicted octanol–water partition coefficient (Wildman–Crippen LogP) is 6.31. The number of aldehydes is 1. The van der Waals surface area contributed by atoms with Gasteiger partial charge in [-0.25, -0.2) is 0 Å². The van der Waals surface area contributed by atoms with Crippen LogP contribution >= 0.6 is 0 Å². The van der Waals surface area contributed by atoms with E-state index in [1.165, 1.54) is 0 Å². The summed E-state index contributed by atoms with van der Waals surface area (Å²) in [5, 5.41) is 0. The van der Waals surface area contributed by atoms with Crippen LogP contribution in [0.3, 0.4) is 0 Å². The molecule has 2 atom stereocenters. The number of allylic oxidation sites excluding steroid dienone is 1. The van der Waals surface area contributed by atoms with Crippen molar-refractivity contribution in [3.8, 4) is 5.75 Å². The van der Waals surface area contributed by atoms with E-state index in [4.69, 9.17) is 13.9 Å². The first-order valence-corrected chi connectivity index (χ1v) is 12.8. The Hall–Kier alpha value is -1.43. The number of hydrogen-bond acceptors (Lipinski definition) is 4. The molecule has 0 fully saturated rings. The van der Waals surface area contributed by atoms with Crippen LogP contribution in [0.1, 0.15) is 59.9 Å². The van der Waals surface area contributed by atoms with Crippen LogP contribution in [0.15, 0.2) is 36.9 Å². The van der Waals surface area contributed by atoms with Gasteiger partial charge in [-0.15, -0.1) is 6.58 Å². The van der Waals surface area contributed by atoms with E-state index in [0.29, 0.717) is 29.7 Å². The van der Waals surface area contributed by atoms with Crippen molar-refractivity contribution in [3.63, 3.8) is 0 Å². The SMILES string of the molecule is C=CCC[C@H](OCc1ccc(OC)cc1)[C@H](C=O)O[Si](C(C)C)(C(C)C)C(C)C. The Bertz CT molecular complexity index is 588. The smallest absolute Gasteiger partial charge is 0.201 e. The molecule has 29 heavy (non-hydrogen) atoms. The molecule has 0 amide bonds. The van der Waals surface area contributed by atoms with Crippen molar-refractivity contribution in [2.24, 2.45) is 0 Å². The molecule has 1 aromatic rings. The predicted molar refractivity (Wildman–Crippen MR) is 123 cm³/mol. The van der Waals surface area contributed by atoms with E-state index in [2.05, 4.69) is 48.1 Å². The van der Waals surface area contributed by atoms with Crippen LogP contribution < -0.4 is 4.74 Å². The van der Waals surface area contributed by atoms with E-state index in [0.717, 1.165) is 24.0 Å². The van der Waals surface area contributed by atoms with Crippen molar-refractivity contribution in [1.82, 2.24) is 0 Å². The summed E-state index contributed by atoms with van der Waals surface area (Å²) in [6.07, 6.45) is 3.44. The summed E-state index contributed by atoms with van der Waals surface area (Å²) in [7, 11) is -0.538. The number of hydrogen-bond donors (Lipinski definition) is 0. The third kappa shape index (κ3) is 6.80. The van der Waals surface area contributed by atoms with Gasteiger partial charge in [-0.3, -0.25) is 0 Å². The average molecular weight is 421 g/mol. The molecular weight excluding hydrogens is 380 g/mol. The number of carbonyl (C=O) groups excluding carboxylic acids is 1. The minimum atomic E-state index is -2.19. The molecule has 0 spiro atoms. The molecule has 4 nitrogen and oxygen atoms in total. The maximum Gasteiger partial charge on any atom is 0.201 e. The van der Waals surface area contributed by atoms with Gasteiger partial charge in [0.25, 0.3) is 0 Å². The lowest BCUT2D eigenvalue weighted by Gasteiger charge is -2.44. The summed E-state index contributed by atoms with van der Waals surface area (Å²) in [5.41, 5.74) is 2.27. The second-order valence-corrected chi connectivity index (χ2v) is 14.0. The summed E-state index contributed by atoms with van der Waals surface area (Å²) in [6, 6.07) is 7.80. The minimum Gasteiger partial charge on any atom is -0.497 e.